The van der Waals surface area contributed by atoms with Gasteiger partial charge in [0.15, 0.2) is 0 Å². The van der Waals surface area contributed by atoms with Gasteiger partial charge in [-0.15, -0.1) is 11.3 Å². The van der Waals surface area contributed by atoms with Gasteiger partial charge in [0.2, 0.25) is 10.0 Å². The Hall–Kier alpha value is -2.03. The Bertz CT molecular complexity index is 1210. The number of hydrogen-bond acceptors (Lipinski definition) is 6. The number of fused-ring (bicyclic) bond motifs is 3. The van der Waals surface area contributed by atoms with Crippen molar-refractivity contribution in [2.24, 2.45) is 5.92 Å². The lowest BCUT2D eigenvalue weighted by Gasteiger charge is -2.35. The molecule has 2 aromatic heterocycles. The van der Waals surface area contributed by atoms with Gasteiger partial charge in [0.1, 0.15) is 17.0 Å². The molecule has 1 aliphatic carbocycles. The molecule has 1 aliphatic heterocycles. The van der Waals surface area contributed by atoms with E-state index in [1.165, 1.54) is 27.8 Å². The van der Waals surface area contributed by atoms with Gasteiger partial charge in [-0.3, -0.25) is 0 Å². The second-order valence-corrected chi connectivity index (χ2v) is 12.0. The molecule has 0 amide bonds. The zero-order valence-electron chi connectivity index (χ0n) is 18.7. The van der Waals surface area contributed by atoms with Crippen LogP contribution in [0.25, 0.3) is 10.2 Å². The fraction of sp³-hybridized carbons (Fsp3) is 0.500. The number of hydrogen-bond donors (Lipinski definition) is 0. The first-order valence-electron chi connectivity index (χ1n) is 11.6. The summed E-state index contributed by atoms with van der Waals surface area (Å²) >= 11 is 1.80. The summed E-state index contributed by atoms with van der Waals surface area (Å²) in [6.45, 7) is 6.65. The Morgan fingerprint density at radius 1 is 1.09 bits per heavy atom. The van der Waals surface area contributed by atoms with E-state index < -0.39 is 10.0 Å². The van der Waals surface area contributed by atoms with Gasteiger partial charge in [0.05, 0.1) is 10.3 Å². The Kier molecular flexibility index (Phi) is 5.94. The number of aromatic nitrogens is 2. The summed E-state index contributed by atoms with van der Waals surface area (Å²) < 4.78 is 28.0. The van der Waals surface area contributed by atoms with Crippen molar-refractivity contribution in [2.45, 2.75) is 50.8 Å². The molecule has 0 saturated carbocycles. The highest BCUT2D eigenvalue weighted by Crippen LogP contribution is 2.40. The zero-order chi connectivity index (χ0) is 22.3. The normalized spacial score (nSPS) is 19.9. The topological polar surface area (TPSA) is 66.4 Å². The number of benzene rings is 1. The van der Waals surface area contributed by atoms with Crippen LogP contribution in [0.4, 0.5) is 5.82 Å². The number of rotatable bonds is 5. The first-order valence-corrected chi connectivity index (χ1v) is 13.8. The number of aryl methyl sites for hydroxylation is 2. The third kappa shape index (κ3) is 3.93. The molecule has 32 heavy (non-hydrogen) atoms. The molecule has 170 valence electrons. The van der Waals surface area contributed by atoms with Crippen molar-refractivity contribution in [2.75, 3.05) is 31.1 Å². The fourth-order valence-electron chi connectivity index (χ4n) is 4.90. The van der Waals surface area contributed by atoms with E-state index in [9.17, 15) is 8.42 Å². The van der Waals surface area contributed by atoms with Gasteiger partial charge in [-0.2, -0.15) is 4.31 Å². The minimum absolute atomic E-state index is 0.385. The molecule has 2 aliphatic rings. The molecule has 3 heterocycles. The second-order valence-electron chi connectivity index (χ2n) is 9.01. The SMILES string of the molecule is CCCc1ccc(S(=O)(=O)N2CCN(c3ncnc4sc5c(c34)CCC(C)C5)CC2)cc1. The number of piperazine rings is 1. The van der Waals surface area contributed by atoms with Crippen LogP contribution in [0.3, 0.4) is 0 Å². The maximum Gasteiger partial charge on any atom is 0.243 e. The summed E-state index contributed by atoms with van der Waals surface area (Å²) in [5.41, 5.74) is 2.60. The molecule has 8 heteroatoms. The van der Waals surface area contributed by atoms with E-state index in [0.717, 1.165) is 42.2 Å². The molecule has 1 atom stereocenters. The van der Waals surface area contributed by atoms with Crippen molar-refractivity contribution < 1.29 is 8.42 Å². The molecule has 0 bridgehead atoms. The van der Waals surface area contributed by atoms with Crippen LogP contribution in [-0.4, -0.2) is 48.9 Å². The third-order valence-corrected chi connectivity index (χ3v) is 9.78. The van der Waals surface area contributed by atoms with E-state index in [4.69, 9.17) is 0 Å². The molecule has 6 nitrogen and oxygen atoms in total. The van der Waals surface area contributed by atoms with Crippen LogP contribution in [-0.2, 0) is 29.3 Å². The summed E-state index contributed by atoms with van der Waals surface area (Å²) in [4.78, 5) is 14.4. The first-order chi connectivity index (χ1) is 15.5. The fourth-order valence-corrected chi connectivity index (χ4v) is 7.67. The second kappa shape index (κ2) is 8.72. The van der Waals surface area contributed by atoms with Crippen molar-refractivity contribution >= 4 is 37.4 Å². The Balaban J connectivity index is 1.35. The van der Waals surface area contributed by atoms with E-state index in [0.29, 0.717) is 31.1 Å². The summed E-state index contributed by atoms with van der Waals surface area (Å²) in [5.74, 6) is 1.69. The predicted molar refractivity (Wildman–Crippen MR) is 130 cm³/mol. The predicted octanol–water partition coefficient (Wildman–Crippen LogP) is 4.28. The van der Waals surface area contributed by atoms with E-state index in [2.05, 4.69) is 28.7 Å². The zero-order valence-corrected chi connectivity index (χ0v) is 20.4. The number of sulfonamides is 1. The standard InChI is InChI=1S/C24H30N4O2S2/c1-3-4-18-6-8-19(9-7-18)32(29,30)28-13-11-27(12-14-28)23-22-20-10-5-17(2)15-21(20)31-24(22)26-16-25-23/h6-9,16-17H,3-5,10-15H2,1-2H3. The highest BCUT2D eigenvalue weighted by molar-refractivity contribution is 7.89. The lowest BCUT2D eigenvalue weighted by atomic mass is 9.89. The molecule has 1 unspecified atom stereocenters. The van der Waals surface area contributed by atoms with E-state index >= 15 is 0 Å². The van der Waals surface area contributed by atoms with Gasteiger partial charge in [0.25, 0.3) is 0 Å². The average molecular weight is 471 g/mol. The Morgan fingerprint density at radius 2 is 1.84 bits per heavy atom. The maximum atomic E-state index is 13.2. The van der Waals surface area contributed by atoms with Crippen molar-refractivity contribution in [1.82, 2.24) is 14.3 Å². The molecule has 1 fully saturated rings. The summed E-state index contributed by atoms with van der Waals surface area (Å²) in [6, 6.07) is 7.37. The summed E-state index contributed by atoms with van der Waals surface area (Å²) in [7, 11) is -3.48. The highest BCUT2D eigenvalue weighted by Gasteiger charge is 2.31. The molecule has 1 saturated heterocycles. The Morgan fingerprint density at radius 3 is 2.56 bits per heavy atom. The molecule has 0 N–H and O–H groups in total. The van der Waals surface area contributed by atoms with Gasteiger partial charge in [-0.05, 0) is 54.9 Å². The Labute approximate surface area is 194 Å². The number of thiophene rings is 1. The third-order valence-electron chi connectivity index (χ3n) is 6.71. The molecular weight excluding hydrogens is 440 g/mol. The van der Waals surface area contributed by atoms with E-state index in [1.807, 2.05) is 12.1 Å². The lowest BCUT2D eigenvalue weighted by molar-refractivity contribution is 0.384. The van der Waals surface area contributed by atoms with Crippen LogP contribution >= 0.6 is 11.3 Å². The molecule has 0 radical (unpaired) electrons. The smallest absolute Gasteiger partial charge is 0.243 e. The van der Waals surface area contributed by atoms with Crippen LogP contribution in [0.5, 0.6) is 0 Å². The molecule has 0 spiro atoms. The van der Waals surface area contributed by atoms with Crippen LogP contribution in [0.15, 0.2) is 35.5 Å². The highest BCUT2D eigenvalue weighted by atomic mass is 32.2. The summed E-state index contributed by atoms with van der Waals surface area (Å²) in [5, 5.41) is 1.20. The van der Waals surface area contributed by atoms with Gasteiger partial charge >= 0.3 is 0 Å². The largest absolute Gasteiger partial charge is 0.353 e. The van der Waals surface area contributed by atoms with E-state index in [1.54, 1.807) is 34.1 Å². The molecular formula is C24H30N4O2S2. The molecule has 1 aromatic carbocycles. The van der Waals surface area contributed by atoms with Crippen LogP contribution in [0.2, 0.25) is 0 Å². The van der Waals surface area contributed by atoms with Crippen LogP contribution in [0, 0.1) is 5.92 Å². The number of nitrogens with zero attached hydrogens (tertiary/aromatic N) is 4. The van der Waals surface area contributed by atoms with Crippen molar-refractivity contribution in [3.8, 4) is 0 Å². The van der Waals surface area contributed by atoms with Gasteiger partial charge in [-0.1, -0.05) is 32.4 Å². The summed E-state index contributed by atoms with van der Waals surface area (Å²) in [6.07, 6.45) is 7.09. The minimum atomic E-state index is -3.48. The average Bonchev–Trinajstić information content (AvgIpc) is 3.17. The lowest BCUT2D eigenvalue weighted by Crippen LogP contribution is -2.49. The first kappa shape index (κ1) is 21.8. The minimum Gasteiger partial charge on any atom is -0.353 e. The van der Waals surface area contributed by atoms with Crippen molar-refractivity contribution in [3.05, 3.63) is 46.6 Å². The quantitative estimate of drug-likeness (QED) is 0.557. The number of anilines is 1. The monoisotopic (exact) mass is 470 g/mol. The van der Waals surface area contributed by atoms with Crippen LogP contribution in [0.1, 0.15) is 42.7 Å². The van der Waals surface area contributed by atoms with Crippen molar-refractivity contribution in [3.63, 3.8) is 0 Å². The van der Waals surface area contributed by atoms with Gasteiger partial charge in [-0.25, -0.2) is 18.4 Å². The van der Waals surface area contributed by atoms with Crippen LogP contribution < -0.4 is 4.90 Å². The van der Waals surface area contributed by atoms with Gasteiger partial charge < -0.3 is 4.90 Å². The molecule has 5 rings (SSSR count). The van der Waals surface area contributed by atoms with Crippen molar-refractivity contribution in [1.29, 1.82) is 0 Å². The van der Waals surface area contributed by atoms with Gasteiger partial charge in [0, 0.05) is 31.1 Å². The van der Waals surface area contributed by atoms with E-state index in [-0.39, 0.29) is 0 Å². The maximum absolute atomic E-state index is 13.2. The molecule has 3 aromatic rings.